The Hall–Kier alpha value is -1.37. The van der Waals surface area contributed by atoms with Crippen LogP contribution in [0.15, 0.2) is 11.6 Å². The van der Waals surface area contributed by atoms with E-state index in [1.165, 1.54) is 12.8 Å². The van der Waals surface area contributed by atoms with Crippen molar-refractivity contribution in [1.82, 2.24) is 24.5 Å². The molecule has 4 rings (SSSR count). The van der Waals surface area contributed by atoms with Crippen LogP contribution in [0.25, 0.3) is 10.8 Å². The Balaban J connectivity index is 1.83. The minimum absolute atomic E-state index is 0.658. The second-order valence-corrected chi connectivity index (χ2v) is 6.74. The Morgan fingerprint density at radius 1 is 1.43 bits per heavy atom. The fourth-order valence-corrected chi connectivity index (χ4v) is 3.36. The SMILES string of the molecule is Cc1nn(-c2nc3sccn3c2CNC2CC2)c(C)c1Cl. The second kappa shape index (κ2) is 4.83. The summed E-state index contributed by atoms with van der Waals surface area (Å²) < 4.78 is 4.00. The molecule has 0 spiro atoms. The lowest BCUT2D eigenvalue weighted by molar-refractivity contribution is 0.661. The number of nitrogens with zero attached hydrogens (tertiary/aromatic N) is 4. The Bertz CT molecular complexity index is 811. The molecule has 0 saturated heterocycles. The summed E-state index contributed by atoms with van der Waals surface area (Å²) in [5.41, 5.74) is 2.92. The van der Waals surface area contributed by atoms with Gasteiger partial charge in [-0.3, -0.25) is 4.40 Å². The molecule has 1 N–H and O–H groups in total. The molecule has 0 amide bonds. The maximum Gasteiger partial charge on any atom is 0.196 e. The van der Waals surface area contributed by atoms with Crippen molar-refractivity contribution in [2.45, 2.75) is 39.3 Å². The number of fused-ring (bicyclic) bond motifs is 1. The number of hydrogen-bond acceptors (Lipinski definition) is 4. The molecule has 1 aliphatic carbocycles. The molecule has 7 heteroatoms. The van der Waals surface area contributed by atoms with Gasteiger partial charge in [0.05, 0.1) is 22.1 Å². The fraction of sp³-hybridized carbons (Fsp3) is 0.429. The van der Waals surface area contributed by atoms with E-state index in [4.69, 9.17) is 16.6 Å². The van der Waals surface area contributed by atoms with E-state index in [2.05, 4.69) is 26.4 Å². The molecule has 21 heavy (non-hydrogen) atoms. The summed E-state index contributed by atoms with van der Waals surface area (Å²) in [6, 6.07) is 0.658. The summed E-state index contributed by atoms with van der Waals surface area (Å²) in [4.78, 5) is 5.73. The Morgan fingerprint density at radius 2 is 2.24 bits per heavy atom. The minimum Gasteiger partial charge on any atom is -0.308 e. The molecule has 0 aliphatic heterocycles. The summed E-state index contributed by atoms with van der Waals surface area (Å²) in [5, 5.41) is 10.9. The Labute approximate surface area is 131 Å². The molecule has 3 heterocycles. The van der Waals surface area contributed by atoms with Gasteiger partial charge in [-0.15, -0.1) is 11.3 Å². The predicted octanol–water partition coefficient (Wildman–Crippen LogP) is 3.10. The first-order chi connectivity index (χ1) is 10.1. The summed E-state index contributed by atoms with van der Waals surface area (Å²) >= 11 is 7.91. The highest BCUT2D eigenvalue weighted by Crippen LogP contribution is 2.27. The summed E-state index contributed by atoms with van der Waals surface area (Å²) in [6.45, 7) is 4.70. The normalized spacial score (nSPS) is 15.2. The third-order valence-electron chi connectivity index (χ3n) is 3.88. The van der Waals surface area contributed by atoms with Crippen molar-refractivity contribution in [3.8, 4) is 5.82 Å². The van der Waals surface area contributed by atoms with Crippen LogP contribution in [-0.2, 0) is 6.54 Å². The van der Waals surface area contributed by atoms with Crippen molar-refractivity contribution in [3.63, 3.8) is 0 Å². The van der Waals surface area contributed by atoms with Crippen LogP contribution in [0.1, 0.15) is 29.9 Å². The highest BCUT2D eigenvalue weighted by atomic mass is 35.5. The van der Waals surface area contributed by atoms with Gasteiger partial charge >= 0.3 is 0 Å². The first kappa shape index (κ1) is 13.3. The van der Waals surface area contributed by atoms with Gasteiger partial charge in [-0.1, -0.05) is 11.6 Å². The van der Waals surface area contributed by atoms with Crippen LogP contribution in [0.5, 0.6) is 0 Å². The number of aromatic nitrogens is 4. The molecule has 3 aromatic rings. The molecule has 1 fully saturated rings. The number of halogens is 1. The molecule has 5 nitrogen and oxygen atoms in total. The lowest BCUT2D eigenvalue weighted by Gasteiger charge is -2.07. The van der Waals surface area contributed by atoms with Crippen LogP contribution in [0.4, 0.5) is 0 Å². The zero-order valence-electron chi connectivity index (χ0n) is 11.9. The van der Waals surface area contributed by atoms with Gasteiger partial charge in [0.1, 0.15) is 0 Å². The van der Waals surface area contributed by atoms with Crippen LogP contribution in [0.2, 0.25) is 5.02 Å². The van der Waals surface area contributed by atoms with E-state index in [9.17, 15) is 0 Å². The van der Waals surface area contributed by atoms with Crippen molar-refractivity contribution < 1.29 is 0 Å². The Kier molecular flexibility index (Phi) is 3.06. The van der Waals surface area contributed by atoms with Gasteiger partial charge < -0.3 is 5.32 Å². The van der Waals surface area contributed by atoms with Crippen molar-refractivity contribution in [1.29, 1.82) is 0 Å². The standard InChI is InChI=1S/C14H16ClN5S/c1-8-12(15)9(2)20(18-8)13-11(7-16-10-3-4-10)19-5-6-21-14(19)17-13/h5-6,10,16H,3-4,7H2,1-2H3. The van der Waals surface area contributed by atoms with E-state index in [-0.39, 0.29) is 0 Å². The second-order valence-electron chi connectivity index (χ2n) is 5.49. The number of thiazole rings is 1. The highest BCUT2D eigenvalue weighted by Gasteiger charge is 2.24. The van der Waals surface area contributed by atoms with Gasteiger partial charge in [0.25, 0.3) is 0 Å². The number of rotatable bonds is 4. The predicted molar refractivity (Wildman–Crippen MR) is 84.5 cm³/mol. The molecule has 110 valence electrons. The first-order valence-electron chi connectivity index (χ1n) is 7.05. The van der Waals surface area contributed by atoms with E-state index >= 15 is 0 Å². The molecule has 1 saturated carbocycles. The molecule has 3 aromatic heterocycles. The van der Waals surface area contributed by atoms with E-state index < -0.39 is 0 Å². The van der Waals surface area contributed by atoms with Gasteiger partial charge in [0, 0.05) is 24.2 Å². The van der Waals surface area contributed by atoms with E-state index in [1.54, 1.807) is 11.3 Å². The van der Waals surface area contributed by atoms with E-state index in [0.717, 1.165) is 34.4 Å². The first-order valence-corrected chi connectivity index (χ1v) is 8.31. The largest absolute Gasteiger partial charge is 0.308 e. The zero-order chi connectivity index (χ0) is 14.6. The van der Waals surface area contributed by atoms with Gasteiger partial charge in [-0.25, -0.2) is 4.68 Å². The smallest absolute Gasteiger partial charge is 0.196 e. The highest BCUT2D eigenvalue weighted by molar-refractivity contribution is 7.15. The lowest BCUT2D eigenvalue weighted by atomic mass is 10.3. The maximum absolute atomic E-state index is 6.28. The number of nitrogens with one attached hydrogen (secondary N) is 1. The summed E-state index contributed by atoms with van der Waals surface area (Å²) in [5.74, 6) is 0.877. The molecule has 0 atom stereocenters. The van der Waals surface area contributed by atoms with Gasteiger partial charge in [0.15, 0.2) is 10.8 Å². The Morgan fingerprint density at radius 3 is 2.90 bits per heavy atom. The van der Waals surface area contributed by atoms with Gasteiger partial charge in [-0.2, -0.15) is 10.1 Å². The van der Waals surface area contributed by atoms with Crippen LogP contribution in [0, 0.1) is 13.8 Å². The quantitative estimate of drug-likeness (QED) is 0.803. The number of imidazole rings is 1. The maximum atomic E-state index is 6.28. The molecular formula is C14H16ClN5S. The van der Waals surface area contributed by atoms with Crippen molar-refractivity contribution in [2.75, 3.05) is 0 Å². The van der Waals surface area contributed by atoms with Crippen molar-refractivity contribution in [3.05, 3.63) is 33.7 Å². The van der Waals surface area contributed by atoms with Crippen LogP contribution in [-0.4, -0.2) is 25.2 Å². The topological polar surface area (TPSA) is 47.2 Å². The average molecular weight is 322 g/mol. The third kappa shape index (κ3) is 2.18. The van der Waals surface area contributed by atoms with Crippen molar-refractivity contribution in [2.24, 2.45) is 0 Å². The molecule has 0 radical (unpaired) electrons. The molecular weight excluding hydrogens is 306 g/mol. The van der Waals surface area contributed by atoms with Crippen LogP contribution >= 0.6 is 22.9 Å². The molecule has 1 aliphatic rings. The van der Waals surface area contributed by atoms with Crippen LogP contribution < -0.4 is 5.32 Å². The monoisotopic (exact) mass is 321 g/mol. The minimum atomic E-state index is 0.658. The number of aryl methyl sites for hydroxylation is 1. The zero-order valence-corrected chi connectivity index (χ0v) is 13.5. The molecule has 0 unspecified atom stereocenters. The van der Waals surface area contributed by atoms with Crippen molar-refractivity contribution >= 4 is 27.9 Å². The third-order valence-corrected chi connectivity index (χ3v) is 5.18. The summed E-state index contributed by atoms with van der Waals surface area (Å²) in [7, 11) is 0. The fourth-order valence-electron chi connectivity index (χ4n) is 2.51. The lowest BCUT2D eigenvalue weighted by Crippen LogP contribution is -2.18. The number of hydrogen-bond donors (Lipinski definition) is 1. The van der Waals surface area contributed by atoms with Gasteiger partial charge in [0.2, 0.25) is 0 Å². The average Bonchev–Trinajstić information content (AvgIpc) is 2.99. The molecule has 0 aromatic carbocycles. The molecule has 0 bridgehead atoms. The van der Waals surface area contributed by atoms with E-state index in [1.807, 2.05) is 18.5 Å². The van der Waals surface area contributed by atoms with E-state index in [0.29, 0.717) is 11.1 Å². The summed E-state index contributed by atoms with van der Waals surface area (Å²) in [6.07, 6.45) is 4.60. The van der Waals surface area contributed by atoms with Gasteiger partial charge in [-0.05, 0) is 26.7 Å². The van der Waals surface area contributed by atoms with Crippen LogP contribution in [0.3, 0.4) is 0 Å².